The van der Waals surface area contributed by atoms with Crippen LogP contribution in [0.3, 0.4) is 0 Å². The van der Waals surface area contributed by atoms with Crippen LogP contribution >= 0.6 is 0 Å². The molecule has 7 heteroatoms. The van der Waals surface area contributed by atoms with Gasteiger partial charge < -0.3 is 14.7 Å². The van der Waals surface area contributed by atoms with Crippen LogP contribution in [-0.4, -0.2) is 70.9 Å². The van der Waals surface area contributed by atoms with Crippen molar-refractivity contribution in [2.24, 2.45) is 5.92 Å². The molecule has 0 N–H and O–H groups in total. The number of nitrogens with zero attached hydrogens (tertiary/aromatic N) is 5. The quantitative estimate of drug-likeness (QED) is 0.796. The number of hydrogen-bond donors (Lipinski definition) is 0. The summed E-state index contributed by atoms with van der Waals surface area (Å²) in [6.07, 6.45) is 3.44. The smallest absolute Gasteiger partial charge is 0.242 e. The van der Waals surface area contributed by atoms with Gasteiger partial charge in [-0.25, -0.2) is 9.97 Å². The minimum absolute atomic E-state index is 0.00878. The molecule has 2 rings (SSSR count). The Morgan fingerprint density at radius 2 is 1.78 bits per heavy atom. The summed E-state index contributed by atoms with van der Waals surface area (Å²) in [5.74, 6) is 1.00. The molecule has 1 aromatic heterocycles. The number of carbonyl (C=O) groups excluding carboxylic acids is 2. The summed E-state index contributed by atoms with van der Waals surface area (Å²) in [5.41, 5.74) is 0. The third-order valence-corrected chi connectivity index (χ3v) is 3.82. The molecule has 0 unspecified atom stereocenters. The highest BCUT2D eigenvalue weighted by Gasteiger charge is 2.24. The van der Waals surface area contributed by atoms with Gasteiger partial charge in [-0.3, -0.25) is 9.59 Å². The molecule has 126 valence electrons. The molecule has 1 aromatic rings. The normalized spacial score (nSPS) is 15.0. The summed E-state index contributed by atoms with van der Waals surface area (Å²) < 4.78 is 0. The standard InChI is InChI=1S/C16H25N5O2/c1-13(2)11-21(14(3)22)12-15(23)19-7-9-20(10-8-19)16-17-5-4-6-18-16/h4-6,13H,7-12H2,1-3H3. The van der Waals surface area contributed by atoms with Gasteiger partial charge in [0.15, 0.2) is 0 Å². The second-order valence-corrected chi connectivity index (χ2v) is 6.21. The molecule has 2 heterocycles. The molecule has 0 bridgehead atoms. The van der Waals surface area contributed by atoms with Crippen molar-refractivity contribution >= 4 is 17.8 Å². The molecule has 0 atom stereocenters. The van der Waals surface area contributed by atoms with Crippen LogP contribution in [0.2, 0.25) is 0 Å². The molecule has 1 saturated heterocycles. The van der Waals surface area contributed by atoms with E-state index in [9.17, 15) is 9.59 Å². The molecule has 1 aliphatic rings. The van der Waals surface area contributed by atoms with E-state index in [4.69, 9.17) is 0 Å². The Morgan fingerprint density at radius 3 is 2.30 bits per heavy atom. The SMILES string of the molecule is CC(=O)N(CC(=O)N1CCN(c2ncccn2)CC1)CC(C)C. The van der Waals surface area contributed by atoms with Crippen LogP contribution in [0.15, 0.2) is 18.5 Å². The van der Waals surface area contributed by atoms with Crippen molar-refractivity contribution in [3.05, 3.63) is 18.5 Å². The monoisotopic (exact) mass is 319 g/mol. The molecule has 1 fully saturated rings. The number of anilines is 1. The van der Waals surface area contributed by atoms with Gasteiger partial charge in [-0.15, -0.1) is 0 Å². The van der Waals surface area contributed by atoms with Gasteiger partial charge in [0.05, 0.1) is 6.54 Å². The zero-order valence-electron chi connectivity index (χ0n) is 14.1. The topological polar surface area (TPSA) is 69.6 Å². The molecule has 0 radical (unpaired) electrons. The fraction of sp³-hybridized carbons (Fsp3) is 0.625. The lowest BCUT2D eigenvalue weighted by atomic mass is 10.2. The largest absolute Gasteiger partial charge is 0.338 e. The Balaban J connectivity index is 1.86. The molecule has 1 aliphatic heterocycles. The Labute approximate surface area is 137 Å². The van der Waals surface area contributed by atoms with Gasteiger partial charge in [0.25, 0.3) is 0 Å². The number of rotatable bonds is 5. The van der Waals surface area contributed by atoms with Crippen LogP contribution in [0.25, 0.3) is 0 Å². The molecule has 0 saturated carbocycles. The summed E-state index contributed by atoms with van der Waals surface area (Å²) in [4.78, 5) is 38.1. The first-order valence-electron chi connectivity index (χ1n) is 8.02. The summed E-state index contributed by atoms with van der Waals surface area (Å²) in [6.45, 7) is 9.04. The van der Waals surface area contributed by atoms with Crippen molar-refractivity contribution in [3.63, 3.8) is 0 Å². The average molecular weight is 319 g/mol. The molecule has 2 amide bonds. The van der Waals surface area contributed by atoms with Crippen molar-refractivity contribution in [2.45, 2.75) is 20.8 Å². The highest BCUT2D eigenvalue weighted by atomic mass is 16.2. The van der Waals surface area contributed by atoms with E-state index < -0.39 is 0 Å². The summed E-state index contributed by atoms with van der Waals surface area (Å²) >= 11 is 0. The van der Waals surface area contributed by atoms with E-state index >= 15 is 0 Å². The second kappa shape index (κ2) is 7.89. The van der Waals surface area contributed by atoms with Crippen LogP contribution in [-0.2, 0) is 9.59 Å². The molecule has 23 heavy (non-hydrogen) atoms. The maximum atomic E-state index is 12.4. The van der Waals surface area contributed by atoms with Crippen molar-refractivity contribution in [1.82, 2.24) is 19.8 Å². The molecule has 0 aromatic carbocycles. The van der Waals surface area contributed by atoms with E-state index in [1.54, 1.807) is 23.4 Å². The van der Waals surface area contributed by atoms with Crippen LogP contribution in [0.1, 0.15) is 20.8 Å². The fourth-order valence-corrected chi connectivity index (χ4v) is 2.62. The van der Waals surface area contributed by atoms with E-state index in [-0.39, 0.29) is 18.4 Å². The predicted octanol–water partition coefficient (Wildman–Crippen LogP) is 0.630. The zero-order chi connectivity index (χ0) is 16.8. The molecule has 0 aliphatic carbocycles. The maximum Gasteiger partial charge on any atom is 0.242 e. The Morgan fingerprint density at radius 1 is 1.17 bits per heavy atom. The lowest BCUT2D eigenvalue weighted by molar-refractivity contribution is -0.140. The zero-order valence-corrected chi connectivity index (χ0v) is 14.1. The minimum Gasteiger partial charge on any atom is -0.338 e. The second-order valence-electron chi connectivity index (χ2n) is 6.21. The summed E-state index contributed by atoms with van der Waals surface area (Å²) in [5, 5.41) is 0. The van der Waals surface area contributed by atoms with Crippen LogP contribution in [0, 0.1) is 5.92 Å². The Hall–Kier alpha value is -2.18. The predicted molar refractivity (Wildman–Crippen MR) is 87.9 cm³/mol. The third kappa shape index (κ3) is 4.91. The van der Waals surface area contributed by atoms with E-state index in [1.807, 2.05) is 18.7 Å². The molecular weight excluding hydrogens is 294 g/mol. The average Bonchev–Trinajstić information content (AvgIpc) is 2.54. The van der Waals surface area contributed by atoms with Gasteiger partial charge in [0.1, 0.15) is 0 Å². The lowest BCUT2D eigenvalue weighted by Crippen LogP contribution is -2.52. The summed E-state index contributed by atoms with van der Waals surface area (Å²) in [6, 6.07) is 1.79. The van der Waals surface area contributed by atoms with Gasteiger partial charge in [-0.2, -0.15) is 0 Å². The van der Waals surface area contributed by atoms with Crippen molar-refractivity contribution < 1.29 is 9.59 Å². The van der Waals surface area contributed by atoms with E-state index in [0.29, 0.717) is 44.6 Å². The molecule has 7 nitrogen and oxygen atoms in total. The Kier molecular flexibility index (Phi) is 5.90. The van der Waals surface area contributed by atoms with Crippen molar-refractivity contribution in [2.75, 3.05) is 44.2 Å². The van der Waals surface area contributed by atoms with Gasteiger partial charge in [0.2, 0.25) is 17.8 Å². The van der Waals surface area contributed by atoms with Gasteiger partial charge in [-0.1, -0.05) is 13.8 Å². The van der Waals surface area contributed by atoms with Gasteiger partial charge >= 0.3 is 0 Å². The number of aromatic nitrogens is 2. The van der Waals surface area contributed by atoms with E-state index in [2.05, 4.69) is 14.9 Å². The van der Waals surface area contributed by atoms with Crippen molar-refractivity contribution in [3.8, 4) is 0 Å². The first kappa shape index (κ1) is 17.2. The van der Waals surface area contributed by atoms with Gasteiger partial charge in [-0.05, 0) is 12.0 Å². The van der Waals surface area contributed by atoms with E-state index in [0.717, 1.165) is 0 Å². The number of hydrogen-bond acceptors (Lipinski definition) is 5. The van der Waals surface area contributed by atoms with Crippen LogP contribution in [0.5, 0.6) is 0 Å². The number of amides is 2. The highest BCUT2D eigenvalue weighted by Crippen LogP contribution is 2.10. The fourth-order valence-electron chi connectivity index (χ4n) is 2.62. The first-order chi connectivity index (χ1) is 11.0. The lowest BCUT2D eigenvalue weighted by Gasteiger charge is -2.35. The summed E-state index contributed by atoms with van der Waals surface area (Å²) in [7, 11) is 0. The third-order valence-electron chi connectivity index (χ3n) is 3.82. The van der Waals surface area contributed by atoms with Gasteiger partial charge in [0, 0.05) is 52.0 Å². The number of piperazine rings is 1. The first-order valence-corrected chi connectivity index (χ1v) is 8.02. The molecule has 0 spiro atoms. The highest BCUT2D eigenvalue weighted by molar-refractivity contribution is 5.84. The van der Waals surface area contributed by atoms with Crippen molar-refractivity contribution in [1.29, 1.82) is 0 Å². The minimum atomic E-state index is -0.0524. The Bertz CT molecular complexity index is 527. The van der Waals surface area contributed by atoms with E-state index in [1.165, 1.54) is 6.92 Å². The van der Waals surface area contributed by atoms with Crippen LogP contribution < -0.4 is 4.90 Å². The molecular formula is C16H25N5O2. The number of carbonyl (C=O) groups is 2. The van der Waals surface area contributed by atoms with Crippen LogP contribution in [0.4, 0.5) is 5.95 Å². The maximum absolute atomic E-state index is 12.4.